The fourth-order valence-corrected chi connectivity index (χ4v) is 4.42. The van der Waals surface area contributed by atoms with E-state index in [1.807, 2.05) is 39.0 Å². The number of methoxy groups -OCH3 is 1. The molecule has 10 nitrogen and oxygen atoms in total. The summed E-state index contributed by atoms with van der Waals surface area (Å²) >= 11 is 3.46. The molecule has 5 aromatic rings. The standard InChI is InChI=1S/C29H25BrN4O6/c1-29(2,3)16-39-26-22(34(36)37)11-17(12-24(26)38-4)15-31-33-27(32-21-8-6-5-7-20(21)28(33)35)25-14-18-13-19(30)9-10-23(18)40-25/h5-15H,16H2,1-4H3. The second kappa shape index (κ2) is 10.6. The van der Waals surface area contributed by atoms with E-state index < -0.39 is 10.5 Å². The normalized spacial score (nSPS) is 11.9. The van der Waals surface area contributed by atoms with Crippen molar-refractivity contribution in [2.24, 2.45) is 10.5 Å². The molecule has 0 amide bonds. The summed E-state index contributed by atoms with van der Waals surface area (Å²) in [4.78, 5) is 29.6. The molecule has 0 aliphatic rings. The van der Waals surface area contributed by atoms with Gasteiger partial charge >= 0.3 is 5.69 Å². The van der Waals surface area contributed by atoms with Gasteiger partial charge in [0.15, 0.2) is 11.5 Å². The zero-order valence-electron chi connectivity index (χ0n) is 22.2. The van der Waals surface area contributed by atoms with Gasteiger partial charge in [0.1, 0.15) is 5.58 Å². The highest BCUT2D eigenvalue weighted by atomic mass is 79.9. The van der Waals surface area contributed by atoms with Gasteiger partial charge in [-0.1, -0.05) is 48.8 Å². The molecule has 0 bridgehead atoms. The van der Waals surface area contributed by atoms with Gasteiger partial charge in [-0.3, -0.25) is 14.9 Å². The summed E-state index contributed by atoms with van der Waals surface area (Å²) in [6.45, 7) is 6.12. The van der Waals surface area contributed by atoms with Gasteiger partial charge in [0.2, 0.25) is 11.6 Å². The molecule has 0 N–H and O–H groups in total. The van der Waals surface area contributed by atoms with E-state index in [0.29, 0.717) is 27.8 Å². The van der Waals surface area contributed by atoms with Crippen LogP contribution in [0.25, 0.3) is 33.5 Å². The molecule has 0 radical (unpaired) electrons. The SMILES string of the molecule is COc1cc(C=Nn2c(-c3cc4cc(Br)ccc4o3)nc3ccccc3c2=O)cc([N+](=O)[O-])c1OCC(C)(C)C. The van der Waals surface area contributed by atoms with Gasteiger partial charge in [0.25, 0.3) is 5.56 Å². The first-order valence-corrected chi connectivity index (χ1v) is 13.1. The summed E-state index contributed by atoms with van der Waals surface area (Å²) < 4.78 is 19.2. The molecule has 2 heterocycles. The molecule has 0 atom stereocenters. The number of nitrogens with zero attached hydrogens (tertiary/aromatic N) is 4. The van der Waals surface area contributed by atoms with Crippen molar-refractivity contribution in [3.63, 3.8) is 0 Å². The van der Waals surface area contributed by atoms with Crippen molar-refractivity contribution >= 4 is 49.7 Å². The third-order valence-electron chi connectivity index (χ3n) is 5.90. The Balaban J connectivity index is 1.65. The van der Waals surface area contributed by atoms with E-state index in [4.69, 9.17) is 13.9 Å². The van der Waals surface area contributed by atoms with Crippen molar-refractivity contribution in [3.8, 4) is 23.1 Å². The van der Waals surface area contributed by atoms with Gasteiger partial charge in [-0.2, -0.15) is 9.78 Å². The van der Waals surface area contributed by atoms with Crippen LogP contribution in [0, 0.1) is 15.5 Å². The van der Waals surface area contributed by atoms with Crippen molar-refractivity contribution in [2.75, 3.05) is 13.7 Å². The number of ether oxygens (including phenoxy) is 2. The second-order valence-corrected chi connectivity index (χ2v) is 11.2. The van der Waals surface area contributed by atoms with Crippen LogP contribution in [0.4, 0.5) is 5.69 Å². The fraction of sp³-hybridized carbons (Fsp3) is 0.207. The Bertz CT molecular complexity index is 1850. The van der Waals surface area contributed by atoms with Crippen LogP contribution in [-0.4, -0.2) is 34.5 Å². The zero-order chi connectivity index (χ0) is 28.6. The molecule has 3 aromatic carbocycles. The van der Waals surface area contributed by atoms with Crippen molar-refractivity contribution in [1.29, 1.82) is 0 Å². The number of hydrogen-bond donors (Lipinski definition) is 0. The Kier molecular flexibility index (Phi) is 7.16. The largest absolute Gasteiger partial charge is 0.493 e. The molecule has 204 valence electrons. The second-order valence-electron chi connectivity index (χ2n) is 10.3. The maximum Gasteiger partial charge on any atom is 0.315 e. The molecular formula is C29H25BrN4O6. The smallest absolute Gasteiger partial charge is 0.315 e. The minimum atomic E-state index is -0.542. The van der Waals surface area contributed by atoms with Crippen LogP contribution in [0.3, 0.4) is 0 Å². The molecular weight excluding hydrogens is 580 g/mol. The van der Waals surface area contributed by atoms with E-state index in [-0.39, 0.29) is 35.0 Å². The maximum atomic E-state index is 13.6. The number of benzene rings is 3. The van der Waals surface area contributed by atoms with Crippen LogP contribution in [0.5, 0.6) is 11.5 Å². The molecule has 0 saturated carbocycles. The minimum absolute atomic E-state index is 0.0261. The summed E-state index contributed by atoms with van der Waals surface area (Å²) in [5.74, 6) is 0.715. The third-order valence-corrected chi connectivity index (χ3v) is 6.39. The van der Waals surface area contributed by atoms with Crippen LogP contribution in [0.15, 0.2) is 79.4 Å². The highest BCUT2D eigenvalue weighted by molar-refractivity contribution is 9.10. The van der Waals surface area contributed by atoms with Crippen LogP contribution in [0.2, 0.25) is 0 Å². The first-order chi connectivity index (χ1) is 19.0. The molecule has 0 aliphatic carbocycles. The quantitative estimate of drug-likeness (QED) is 0.114. The lowest BCUT2D eigenvalue weighted by atomic mass is 9.98. The molecule has 0 saturated heterocycles. The molecule has 40 heavy (non-hydrogen) atoms. The number of nitro benzene ring substituents is 1. The molecule has 0 unspecified atom stereocenters. The highest BCUT2D eigenvalue weighted by Gasteiger charge is 2.24. The maximum absolute atomic E-state index is 13.6. The van der Waals surface area contributed by atoms with Crippen molar-refractivity contribution < 1.29 is 18.8 Å². The van der Waals surface area contributed by atoms with Gasteiger partial charge in [0.05, 0.1) is 35.8 Å². The Morgan fingerprint density at radius 2 is 1.93 bits per heavy atom. The lowest BCUT2D eigenvalue weighted by Gasteiger charge is -2.20. The van der Waals surface area contributed by atoms with E-state index >= 15 is 0 Å². The van der Waals surface area contributed by atoms with E-state index in [2.05, 4.69) is 26.0 Å². The van der Waals surface area contributed by atoms with Gasteiger partial charge in [-0.25, -0.2) is 4.98 Å². The molecule has 0 fully saturated rings. The van der Waals surface area contributed by atoms with Crippen molar-refractivity contribution in [2.45, 2.75) is 20.8 Å². The lowest BCUT2D eigenvalue weighted by Crippen LogP contribution is -2.20. The molecule has 0 spiro atoms. The Hall–Kier alpha value is -4.51. The number of furan rings is 1. The van der Waals surface area contributed by atoms with E-state index in [1.165, 1.54) is 19.4 Å². The van der Waals surface area contributed by atoms with Gasteiger partial charge in [-0.05, 0) is 47.9 Å². The van der Waals surface area contributed by atoms with Crippen LogP contribution >= 0.6 is 15.9 Å². The highest BCUT2D eigenvalue weighted by Crippen LogP contribution is 2.39. The number of para-hydroxylation sites is 1. The first-order valence-electron chi connectivity index (χ1n) is 12.3. The number of fused-ring (bicyclic) bond motifs is 2. The topological polar surface area (TPSA) is 122 Å². The van der Waals surface area contributed by atoms with Crippen LogP contribution < -0.4 is 15.0 Å². The summed E-state index contributed by atoms with van der Waals surface area (Å²) in [6.07, 6.45) is 1.34. The molecule has 5 rings (SSSR count). The van der Waals surface area contributed by atoms with Gasteiger partial charge in [0, 0.05) is 21.5 Å². The monoisotopic (exact) mass is 604 g/mol. The first kappa shape index (κ1) is 27.1. The van der Waals surface area contributed by atoms with Crippen molar-refractivity contribution in [1.82, 2.24) is 9.66 Å². The summed E-state index contributed by atoms with van der Waals surface area (Å²) in [5, 5.41) is 17.5. The molecule has 0 aliphatic heterocycles. The van der Waals surface area contributed by atoms with Crippen LogP contribution in [-0.2, 0) is 0 Å². The van der Waals surface area contributed by atoms with Crippen LogP contribution in [0.1, 0.15) is 26.3 Å². The van der Waals surface area contributed by atoms with E-state index in [0.717, 1.165) is 14.5 Å². The summed E-state index contributed by atoms with van der Waals surface area (Å²) in [6, 6.07) is 17.1. The number of halogens is 1. The molecule has 2 aromatic heterocycles. The summed E-state index contributed by atoms with van der Waals surface area (Å²) in [5.41, 5.74) is 0.482. The van der Waals surface area contributed by atoms with E-state index in [9.17, 15) is 14.9 Å². The predicted octanol–water partition coefficient (Wildman–Crippen LogP) is 6.80. The average molecular weight is 605 g/mol. The van der Waals surface area contributed by atoms with Crippen molar-refractivity contribution in [3.05, 3.63) is 91.2 Å². The van der Waals surface area contributed by atoms with Gasteiger partial charge in [-0.15, -0.1) is 0 Å². The Morgan fingerprint density at radius 1 is 1.15 bits per heavy atom. The van der Waals surface area contributed by atoms with E-state index in [1.54, 1.807) is 36.4 Å². The van der Waals surface area contributed by atoms with Gasteiger partial charge < -0.3 is 13.9 Å². The number of hydrogen-bond acceptors (Lipinski definition) is 8. The minimum Gasteiger partial charge on any atom is -0.493 e. The number of nitro groups is 1. The third kappa shape index (κ3) is 5.46. The average Bonchev–Trinajstić information content (AvgIpc) is 3.33. The number of rotatable bonds is 7. The Morgan fingerprint density at radius 3 is 2.65 bits per heavy atom. The number of aromatic nitrogens is 2. The fourth-order valence-electron chi connectivity index (χ4n) is 4.04. The predicted molar refractivity (Wildman–Crippen MR) is 157 cm³/mol. The zero-order valence-corrected chi connectivity index (χ0v) is 23.8. The molecule has 11 heteroatoms. The Labute approximate surface area is 237 Å². The summed E-state index contributed by atoms with van der Waals surface area (Å²) in [7, 11) is 1.40. The lowest BCUT2D eigenvalue weighted by molar-refractivity contribution is -0.386.